The Balaban J connectivity index is 2.10. The summed E-state index contributed by atoms with van der Waals surface area (Å²) in [7, 11) is 0. The summed E-state index contributed by atoms with van der Waals surface area (Å²) >= 11 is 3.27. The van der Waals surface area contributed by atoms with Gasteiger partial charge in [-0.3, -0.25) is 4.79 Å². The van der Waals surface area contributed by atoms with Gasteiger partial charge in [-0.2, -0.15) is 0 Å². The highest BCUT2D eigenvalue weighted by atomic mass is 79.9. The van der Waals surface area contributed by atoms with Crippen LogP contribution in [0.2, 0.25) is 0 Å². The molecule has 1 heterocycles. The summed E-state index contributed by atoms with van der Waals surface area (Å²) in [5.41, 5.74) is 7.43. The van der Waals surface area contributed by atoms with Crippen molar-refractivity contribution in [2.45, 2.75) is 0 Å². The van der Waals surface area contributed by atoms with E-state index in [1.54, 1.807) is 36.5 Å². The Labute approximate surface area is 101 Å². The molecule has 0 saturated heterocycles. The molecule has 16 heavy (non-hydrogen) atoms. The van der Waals surface area contributed by atoms with Gasteiger partial charge in [0.1, 0.15) is 5.69 Å². The van der Waals surface area contributed by atoms with Crippen LogP contribution in [0.4, 0.5) is 11.4 Å². The van der Waals surface area contributed by atoms with Gasteiger partial charge in [-0.05, 0) is 46.3 Å². The number of anilines is 2. The lowest BCUT2D eigenvalue weighted by Gasteiger charge is -2.03. The SMILES string of the molecule is Nc1ccc(NC(=O)c2cc(Br)c[nH]2)cc1. The van der Waals surface area contributed by atoms with Crippen molar-refractivity contribution in [3.63, 3.8) is 0 Å². The van der Waals surface area contributed by atoms with Gasteiger partial charge in [-0.1, -0.05) is 0 Å². The Morgan fingerprint density at radius 2 is 2.00 bits per heavy atom. The molecule has 0 radical (unpaired) electrons. The molecule has 82 valence electrons. The van der Waals surface area contributed by atoms with E-state index in [4.69, 9.17) is 5.73 Å². The quantitative estimate of drug-likeness (QED) is 0.740. The van der Waals surface area contributed by atoms with Gasteiger partial charge in [0.15, 0.2) is 0 Å². The first-order chi connectivity index (χ1) is 7.65. The van der Waals surface area contributed by atoms with Crippen molar-refractivity contribution in [1.29, 1.82) is 0 Å². The first kappa shape index (κ1) is 10.8. The zero-order chi connectivity index (χ0) is 11.5. The minimum absolute atomic E-state index is 0.185. The molecule has 2 aromatic rings. The van der Waals surface area contributed by atoms with Crippen LogP contribution >= 0.6 is 15.9 Å². The van der Waals surface area contributed by atoms with E-state index in [1.807, 2.05) is 0 Å². The molecule has 5 heteroatoms. The minimum atomic E-state index is -0.185. The van der Waals surface area contributed by atoms with Crippen molar-refractivity contribution in [2.75, 3.05) is 11.1 Å². The molecule has 2 rings (SSSR count). The number of halogens is 1. The summed E-state index contributed by atoms with van der Waals surface area (Å²) in [6, 6.07) is 8.70. The number of hydrogen-bond acceptors (Lipinski definition) is 2. The van der Waals surface area contributed by atoms with Gasteiger partial charge >= 0.3 is 0 Å². The van der Waals surface area contributed by atoms with Crippen LogP contribution in [-0.2, 0) is 0 Å². The first-order valence-electron chi connectivity index (χ1n) is 4.66. The van der Waals surface area contributed by atoms with Crippen LogP contribution in [0.15, 0.2) is 41.0 Å². The Bertz CT molecular complexity index is 504. The van der Waals surface area contributed by atoms with Gasteiger partial charge in [0.25, 0.3) is 5.91 Å². The molecule has 4 nitrogen and oxygen atoms in total. The fourth-order valence-electron chi connectivity index (χ4n) is 1.26. The van der Waals surface area contributed by atoms with E-state index in [1.165, 1.54) is 0 Å². The molecule has 0 saturated carbocycles. The molecule has 0 aliphatic carbocycles. The van der Waals surface area contributed by atoms with Crippen LogP contribution in [0.5, 0.6) is 0 Å². The predicted octanol–water partition coefficient (Wildman–Crippen LogP) is 2.61. The molecular weight excluding hydrogens is 270 g/mol. The monoisotopic (exact) mass is 279 g/mol. The third-order valence-electron chi connectivity index (χ3n) is 2.06. The number of nitrogens with one attached hydrogen (secondary N) is 2. The second-order valence-electron chi connectivity index (χ2n) is 3.31. The Hall–Kier alpha value is -1.75. The second kappa shape index (κ2) is 4.40. The molecule has 0 atom stereocenters. The molecule has 0 unspecified atom stereocenters. The molecule has 0 bridgehead atoms. The van der Waals surface area contributed by atoms with Crippen molar-refractivity contribution >= 4 is 33.2 Å². The fourth-order valence-corrected chi connectivity index (χ4v) is 1.61. The van der Waals surface area contributed by atoms with Crippen molar-refractivity contribution < 1.29 is 4.79 Å². The van der Waals surface area contributed by atoms with E-state index in [2.05, 4.69) is 26.2 Å². The van der Waals surface area contributed by atoms with Gasteiger partial charge in [0.2, 0.25) is 0 Å². The zero-order valence-electron chi connectivity index (χ0n) is 8.33. The smallest absolute Gasteiger partial charge is 0.272 e. The number of nitrogens with two attached hydrogens (primary N) is 1. The summed E-state index contributed by atoms with van der Waals surface area (Å²) in [6.45, 7) is 0. The number of nitrogen functional groups attached to an aromatic ring is 1. The molecule has 0 aliphatic rings. The van der Waals surface area contributed by atoms with Gasteiger partial charge in [-0.25, -0.2) is 0 Å². The van der Waals surface area contributed by atoms with Gasteiger partial charge in [0, 0.05) is 22.0 Å². The lowest BCUT2D eigenvalue weighted by molar-refractivity contribution is 0.102. The highest BCUT2D eigenvalue weighted by molar-refractivity contribution is 9.10. The Morgan fingerprint density at radius 1 is 1.31 bits per heavy atom. The van der Waals surface area contributed by atoms with E-state index in [0.717, 1.165) is 4.47 Å². The highest BCUT2D eigenvalue weighted by Crippen LogP contribution is 2.14. The van der Waals surface area contributed by atoms with Crippen LogP contribution in [0, 0.1) is 0 Å². The molecule has 1 amide bonds. The normalized spacial score (nSPS) is 10.1. The van der Waals surface area contributed by atoms with Crippen LogP contribution in [0.1, 0.15) is 10.5 Å². The summed E-state index contributed by atoms with van der Waals surface area (Å²) in [5.74, 6) is -0.185. The number of aromatic amines is 1. The number of hydrogen-bond donors (Lipinski definition) is 3. The highest BCUT2D eigenvalue weighted by Gasteiger charge is 2.07. The van der Waals surface area contributed by atoms with Crippen LogP contribution < -0.4 is 11.1 Å². The number of rotatable bonds is 2. The third kappa shape index (κ3) is 2.43. The number of carbonyl (C=O) groups is 1. The Kier molecular flexibility index (Phi) is 2.96. The van der Waals surface area contributed by atoms with E-state index in [9.17, 15) is 4.79 Å². The number of H-pyrrole nitrogens is 1. The van der Waals surface area contributed by atoms with Crippen molar-refractivity contribution in [1.82, 2.24) is 4.98 Å². The van der Waals surface area contributed by atoms with E-state index in [-0.39, 0.29) is 5.91 Å². The number of amides is 1. The standard InChI is InChI=1S/C11H10BrN3O/c12-7-5-10(14-6-7)11(16)15-9-3-1-8(13)2-4-9/h1-6,14H,13H2,(H,15,16). The fraction of sp³-hybridized carbons (Fsp3) is 0. The van der Waals surface area contributed by atoms with Crippen LogP contribution in [0.3, 0.4) is 0 Å². The van der Waals surface area contributed by atoms with Gasteiger partial charge in [0.05, 0.1) is 0 Å². The van der Waals surface area contributed by atoms with Crippen molar-refractivity contribution in [3.8, 4) is 0 Å². The maximum atomic E-state index is 11.7. The molecule has 0 aliphatic heterocycles. The third-order valence-corrected chi connectivity index (χ3v) is 2.52. The average Bonchev–Trinajstić information content (AvgIpc) is 2.68. The van der Waals surface area contributed by atoms with Crippen molar-refractivity contribution in [3.05, 3.63) is 46.7 Å². The van der Waals surface area contributed by atoms with Gasteiger partial charge < -0.3 is 16.0 Å². The van der Waals surface area contributed by atoms with Gasteiger partial charge in [-0.15, -0.1) is 0 Å². The maximum absolute atomic E-state index is 11.7. The molecule has 1 aromatic heterocycles. The second-order valence-corrected chi connectivity index (χ2v) is 4.22. The number of benzene rings is 1. The Morgan fingerprint density at radius 3 is 2.56 bits per heavy atom. The molecule has 1 aromatic carbocycles. The summed E-state index contributed by atoms with van der Waals surface area (Å²) in [6.07, 6.45) is 1.71. The topological polar surface area (TPSA) is 70.9 Å². The minimum Gasteiger partial charge on any atom is -0.399 e. The van der Waals surface area contributed by atoms with E-state index < -0.39 is 0 Å². The molecule has 0 fully saturated rings. The first-order valence-corrected chi connectivity index (χ1v) is 5.45. The lowest BCUT2D eigenvalue weighted by Crippen LogP contribution is -2.12. The molecule has 0 spiro atoms. The molecular formula is C11H10BrN3O. The van der Waals surface area contributed by atoms with Crippen LogP contribution in [-0.4, -0.2) is 10.9 Å². The summed E-state index contributed by atoms with van der Waals surface area (Å²) in [4.78, 5) is 14.6. The van der Waals surface area contributed by atoms with Crippen LogP contribution in [0.25, 0.3) is 0 Å². The largest absolute Gasteiger partial charge is 0.399 e. The van der Waals surface area contributed by atoms with E-state index >= 15 is 0 Å². The zero-order valence-corrected chi connectivity index (χ0v) is 9.91. The summed E-state index contributed by atoms with van der Waals surface area (Å²) in [5, 5.41) is 2.75. The number of aromatic nitrogens is 1. The molecule has 4 N–H and O–H groups in total. The van der Waals surface area contributed by atoms with Crippen molar-refractivity contribution in [2.24, 2.45) is 0 Å². The number of carbonyl (C=O) groups excluding carboxylic acids is 1. The van der Waals surface area contributed by atoms with E-state index in [0.29, 0.717) is 17.1 Å². The average molecular weight is 280 g/mol. The predicted molar refractivity (Wildman–Crippen MR) is 67.3 cm³/mol. The lowest BCUT2D eigenvalue weighted by atomic mass is 10.3. The maximum Gasteiger partial charge on any atom is 0.272 e. The summed E-state index contributed by atoms with van der Waals surface area (Å²) < 4.78 is 0.843.